The van der Waals surface area contributed by atoms with Gasteiger partial charge in [0.25, 0.3) is 0 Å². The Morgan fingerprint density at radius 3 is 2.35 bits per heavy atom. The second kappa shape index (κ2) is 6.28. The molecule has 0 bridgehead atoms. The zero-order chi connectivity index (χ0) is 14.5. The van der Waals surface area contributed by atoms with Crippen LogP contribution in [0.5, 0.6) is 11.5 Å². The molecule has 0 spiro atoms. The fourth-order valence-electron chi connectivity index (χ4n) is 2.10. The molecule has 4 nitrogen and oxygen atoms in total. The van der Waals surface area contributed by atoms with Crippen LogP contribution >= 0.6 is 0 Å². The normalized spacial score (nSPS) is 10.3. The first kappa shape index (κ1) is 14.2. The van der Waals surface area contributed by atoms with E-state index in [0.717, 1.165) is 22.8 Å². The fourth-order valence-corrected chi connectivity index (χ4v) is 2.10. The number of ketones is 1. The molecule has 0 saturated heterocycles. The molecule has 0 atom stereocenters. The van der Waals surface area contributed by atoms with Gasteiger partial charge in [0.2, 0.25) is 0 Å². The van der Waals surface area contributed by atoms with Crippen LogP contribution in [0.4, 0.5) is 0 Å². The van der Waals surface area contributed by atoms with E-state index in [9.17, 15) is 4.79 Å². The maximum atomic E-state index is 11.4. The van der Waals surface area contributed by atoms with Crippen LogP contribution in [-0.2, 0) is 6.54 Å². The van der Waals surface area contributed by atoms with Gasteiger partial charge in [0.05, 0.1) is 13.7 Å². The highest BCUT2D eigenvalue weighted by Crippen LogP contribution is 2.17. The number of nitrogens with zero attached hydrogens (tertiary/aromatic N) is 1. The molecule has 0 aliphatic carbocycles. The van der Waals surface area contributed by atoms with E-state index in [-0.39, 0.29) is 5.78 Å². The van der Waals surface area contributed by atoms with E-state index in [1.165, 1.54) is 0 Å². The first-order valence-electron chi connectivity index (χ1n) is 6.55. The van der Waals surface area contributed by atoms with Crippen LogP contribution in [-0.4, -0.2) is 24.1 Å². The Bertz CT molecular complexity index is 584. The number of hydrogen-bond acceptors (Lipinski definition) is 3. The van der Waals surface area contributed by atoms with E-state index in [1.54, 1.807) is 14.0 Å². The summed E-state index contributed by atoms with van der Waals surface area (Å²) in [5.41, 5.74) is 1.75. The molecule has 1 aromatic heterocycles. The van der Waals surface area contributed by atoms with E-state index in [0.29, 0.717) is 13.2 Å². The van der Waals surface area contributed by atoms with Crippen molar-refractivity contribution in [3.8, 4) is 11.5 Å². The highest BCUT2D eigenvalue weighted by Gasteiger charge is 2.08. The van der Waals surface area contributed by atoms with Crippen LogP contribution < -0.4 is 9.47 Å². The molecule has 0 fully saturated rings. The van der Waals surface area contributed by atoms with Crippen molar-refractivity contribution in [2.45, 2.75) is 20.4 Å². The summed E-state index contributed by atoms with van der Waals surface area (Å²) < 4.78 is 12.8. The molecule has 0 aliphatic heterocycles. The van der Waals surface area contributed by atoms with Crippen LogP contribution in [0.25, 0.3) is 0 Å². The van der Waals surface area contributed by atoms with Crippen LogP contribution in [0, 0.1) is 6.92 Å². The molecule has 0 aliphatic rings. The monoisotopic (exact) mass is 273 g/mol. The Balaban J connectivity index is 1.90. The van der Waals surface area contributed by atoms with Gasteiger partial charge in [0, 0.05) is 17.5 Å². The van der Waals surface area contributed by atoms with Gasteiger partial charge in [-0.2, -0.15) is 0 Å². The van der Waals surface area contributed by atoms with Gasteiger partial charge in [-0.25, -0.2) is 0 Å². The lowest BCUT2D eigenvalue weighted by Gasteiger charge is -2.09. The van der Waals surface area contributed by atoms with Crippen molar-refractivity contribution in [1.29, 1.82) is 0 Å². The highest BCUT2D eigenvalue weighted by atomic mass is 16.5. The number of Topliss-reactive ketones (excluding diaryl/α,β-unsaturated/α-hetero) is 1. The summed E-state index contributed by atoms with van der Waals surface area (Å²) in [6.45, 7) is 4.80. The van der Waals surface area contributed by atoms with Gasteiger partial charge in [0.15, 0.2) is 5.78 Å². The zero-order valence-corrected chi connectivity index (χ0v) is 12.1. The molecule has 0 unspecified atom stereocenters. The lowest BCUT2D eigenvalue weighted by Crippen LogP contribution is -2.09. The Morgan fingerprint density at radius 2 is 1.80 bits per heavy atom. The third kappa shape index (κ3) is 3.20. The average Bonchev–Trinajstić information content (AvgIpc) is 2.81. The van der Waals surface area contributed by atoms with Gasteiger partial charge < -0.3 is 14.0 Å². The number of methoxy groups -OCH3 is 1. The molecule has 1 heterocycles. The predicted molar refractivity (Wildman–Crippen MR) is 77.7 cm³/mol. The minimum atomic E-state index is 0.0947. The van der Waals surface area contributed by atoms with Crippen molar-refractivity contribution in [2.75, 3.05) is 13.7 Å². The van der Waals surface area contributed by atoms with Crippen molar-refractivity contribution >= 4 is 5.78 Å². The maximum absolute atomic E-state index is 11.4. The summed E-state index contributed by atoms with van der Waals surface area (Å²) in [7, 11) is 1.64. The quantitative estimate of drug-likeness (QED) is 0.759. The van der Waals surface area contributed by atoms with Crippen molar-refractivity contribution < 1.29 is 14.3 Å². The molecule has 4 heteroatoms. The second-order valence-corrected chi connectivity index (χ2v) is 4.59. The number of aromatic nitrogens is 1. The van der Waals surface area contributed by atoms with Crippen LogP contribution in [0.2, 0.25) is 0 Å². The molecule has 20 heavy (non-hydrogen) atoms. The van der Waals surface area contributed by atoms with Gasteiger partial charge in [0.1, 0.15) is 18.1 Å². The van der Waals surface area contributed by atoms with Crippen LogP contribution in [0.3, 0.4) is 0 Å². The van der Waals surface area contributed by atoms with Gasteiger partial charge in [-0.1, -0.05) is 0 Å². The number of carbonyl (C=O) groups is 1. The Hall–Kier alpha value is -2.23. The summed E-state index contributed by atoms with van der Waals surface area (Å²) >= 11 is 0. The molecule has 2 aromatic rings. The Morgan fingerprint density at radius 1 is 1.15 bits per heavy atom. The summed E-state index contributed by atoms with van der Waals surface area (Å²) in [5, 5.41) is 0. The number of ether oxygens (including phenoxy) is 2. The number of benzene rings is 1. The van der Waals surface area contributed by atoms with Gasteiger partial charge in [-0.3, -0.25) is 4.79 Å². The van der Waals surface area contributed by atoms with E-state index < -0.39 is 0 Å². The second-order valence-electron chi connectivity index (χ2n) is 4.59. The van der Waals surface area contributed by atoms with E-state index in [1.807, 2.05) is 48.0 Å². The summed E-state index contributed by atoms with van der Waals surface area (Å²) in [4.78, 5) is 11.4. The average molecular weight is 273 g/mol. The molecular weight excluding hydrogens is 254 g/mol. The lowest BCUT2D eigenvalue weighted by atomic mass is 10.2. The summed E-state index contributed by atoms with van der Waals surface area (Å²) in [6.07, 6.45) is 1.92. The van der Waals surface area contributed by atoms with Crippen molar-refractivity contribution in [1.82, 2.24) is 4.57 Å². The summed E-state index contributed by atoms with van der Waals surface area (Å²) in [5.74, 6) is 1.71. The Kier molecular flexibility index (Phi) is 4.45. The fraction of sp³-hybridized carbons (Fsp3) is 0.312. The molecule has 0 amide bonds. The number of carbonyl (C=O) groups excluding carboxylic acids is 1. The van der Waals surface area contributed by atoms with Crippen LogP contribution in [0.1, 0.15) is 23.0 Å². The first-order chi connectivity index (χ1) is 9.61. The summed E-state index contributed by atoms with van der Waals surface area (Å²) in [6, 6.07) is 9.34. The maximum Gasteiger partial charge on any atom is 0.161 e. The first-order valence-corrected chi connectivity index (χ1v) is 6.55. The van der Waals surface area contributed by atoms with Gasteiger partial charge in [-0.15, -0.1) is 0 Å². The van der Waals surface area contributed by atoms with Crippen molar-refractivity contribution in [3.05, 3.63) is 47.8 Å². The molecule has 0 saturated carbocycles. The van der Waals surface area contributed by atoms with Crippen molar-refractivity contribution in [3.63, 3.8) is 0 Å². The Labute approximate surface area is 118 Å². The zero-order valence-electron chi connectivity index (χ0n) is 12.1. The predicted octanol–water partition coefficient (Wildman–Crippen LogP) is 3.09. The number of rotatable bonds is 6. The molecule has 0 N–H and O–H groups in total. The molecule has 1 aromatic carbocycles. The molecule has 2 rings (SSSR count). The molecule has 0 radical (unpaired) electrons. The smallest absolute Gasteiger partial charge is 0.161 e. The SMILES string of the molecule is COc1ccc(OCCn2ccc(C(C)=O)c2C)cc1. The van der Waals surface area contributed by atoms with E-state index in [4.69, 9.17) is 9.47 Å². The van der Waals surface area contributed by atoms with E-state index in [2.05, 4.69) is 0 Å². The largest absolute Gasteiger partial charge is 0.497 e. The molecular formula is C16H19NO3. The number of hydrogen-bond donors (Lipinski definition) is 0. The van der Waals surface area contributed by atoms with E-state index >= 15 is 0 Å². The van der Waals surface area contributed by atoms with Crippen molar-refractivity contribution in [2.24, 2.45) is 0 Å². The van der Waals surface area contributed by atoms with Crippen LogP contribution in [0.15, 0.2) is 36.5 Å². The standard InChI is InChI=1S/C16H19NO3/c1-12-16(13(2)18)8-9-17(12)10-11-20-15-6-4-14(19-3)5-7-15/h4-9H,10-11H2,1-3H3. The lowest BCUT2D eigenvalue weighted by molar-refractivity contribution is 0.101. The minimum absolute atomic E-state index is 0.0947. The third-order valence-electron chi connectivity index (χ3n) is 3.28. The minimum Gasteiger partial charge on any atom is -0.497 e. The van der Waals surface area contributed by atoms with Gasteiger partial charge in [-0.05, 0) is 44.2 Å². The third-order valence-corrected chi connectivity index (χ3v) is 3.28. The molecule has 106 valence electrons. The topological polar surface area (TPSA) is 40.5 Å². The van der Waals surface area contributed by atoms with Gasteiger partial charge >= 0.3 is 0 Å². The highest BCUT2D eigenvalue weighted by molar-refractivity contribution is 5.95.